The van der Waals surface area contributed by atoms with Gasteiger partial charge in [-0.25, -0.2) is 4.98 Å². The van der Waals surface area contributed by atoms with Gasteiger partial charge in [0.1, 0.15) is 5.69 Å². The molecule has 3 N–H and O–H groups in total. The van der Waals surface area contributed by atoms with Crippen LogP contribution in [0.5, 0.6) is 0 Å². The lowest BCUT2D eigenvalue weighted by Crippen LogP contribution is -2.11. The zero-order chi connectivity index (χ0) is 11.7. The zero-order valence-electron chi connectivity index (χ0n) is 8.77. The number of nitrogens with zero attached hydrogens (tertiary/aromatic N) is 2. The molecule has 2 heterocycles. The van der Waals surface area contributed by atoms with Gasteiger partial charge in [-0.1, -0.05) is 0 Å². The maximum absolute atomic E-state index is 11.7. The smallest absolute Gasteiger partial charge is 0.273 e. The van der Waals surface area contributed by atoms with E-state index >= 15 is 0 Å². The number of benzene rings is 1. The van der Waals surface area contributed by atoms with Crippen molar-refractivity contribution < 1.29 is 4.79 Å². The van der Waals surface area contributed by atoms with E-state index in [0.717, 1.165) is 10.9 Å². The van der Waals surface area contributed by atoms with Crippen LogP contribution in [0.2, 0.25) is 0 Å². The molecule has 6 nitrogen and oxygen atoms in total. The summed E-state index contributed by atoms with van der Waals surface area (Å²) in [6.45, 7) is 0. The van der Waals surface area contributed by atoms with Gasteiger partial charge in [0.15, 0.2) is 0 Å². The molecule has 2 aromatic heterocycles. The average Bonchev–Trinajstić information content (AvgIpc) is 2.99. The quantitative estimate of drug-likeness (QED) is 0.620. The number of anilines is 1. The summed E-state index contributed by atoms with van der Waals surface area (Å²) in [6, 6.07) is 5.55. The molecule has 0 aliphatic rings. The van der Waals surface area contributed by atoms with Gasteiger partial charge in [0, 0.05) is 11.1 Å². The molecule has 0 radical (unpaired) electrons. The molecule has 0 unspecified atom stereocenters. The number of aromatic nitrogens is 4. The van der Waals surface area contributed by atoms with Crippen LogP contribution in [0.4, 0.5) is 5.69 Å². The van der Waals surface area contributed by atoms with Crippen LogP contribution in [0.1, 0.15) is 10.5 Å². The van der Waals surface area contributed by atoms with Crippen LogP contribution >= 0.6 is 0 Å². The van der Waals surface area contributed by atoms with Crippen molar-refractivity contribution in [2.75, 3.05) is 5.32 Å². The normalized spacial score (nSPS) is 10.6. The van der Waals surface area contributed by atoms with Gasteiger partial charge in [-0.3, -0.25) is 9.89 Å². The minimum Gasteiger partial charge on any atom is -0.341 e. The Morgan fingerprint density at radius 2 is 2.24 bits per heavy atom. The lowest BCUT2D eigenvalue weighted by atomic mass is 10.2. The van der Waals surface area contributed by atoms with Crippen LogP contribution in [0.15, 0.2) is 36.9 Å². The number of amides is 1. The summed E-state index contributed by atoms with van der Waals surface area (Å²) in [6.07, 6.45) is 4.67. The standard InChI is InChI=1S/C11H9N5O/c17-11(10-5-12-6-13-10)15-8-2-1-7-4-14-16-9(7)3-8/h1-6H,(H,12,13)(H,14,16)(H,15,17). The fourth-order valence-electron chi connectivity index (χ4n) is 1.59. The number of rotatable bonds is 2. The maximum Gasteiger partial charge on any atom is 0.273 e. The van der Waals surface area contributed by atoms with E-state index < -0.39 is 0 Å². The molecular weight excluding hydrogens is 218 g/mol. The molecule has 0 bridgehead atoms. The molecule has 0 aliphatic carbocycles. The number of carbonyl (C=O) groups excluding carboxylic acids is 1. The minimum atomic E-state index is -0.221. The number of hydrogen-bond acceptors (Lipinski definition) is 3. The Labute approximate surface area is 96.1 Å². The van der Waals surface area contributed by atoms with Gasteiger partial charge in [0.25, 0.3) is 5.91 Å². The summed E-state index contributed by atoms with van der Waals surface area (Å²) in [7, 11) is 0. The number of H-pyrrole nitrogens is 2. The molecule has 1 aromatic carbocycles. The third-order valence-electron chi connectivity index (χ3n) is 2.44. The molecule has 0 atom stereocenters. The molecule has 84 valence electrons. The number of imidazole rings is 1. The minimum absolute atomic E-state index is 0.221. The summed E-state index contributed by atoms with van der Waals surface area (Å²) >= 11 is 0. The van der Waals surface area contributed by atoms with Crippen molar-refractivity contribution in [3.05, 3.63) is 42.6 Å². The van der Waals surface area contributed by atoms with Gasteiger partial charge in [-0.2, -0.15) is 5.10 Å². The highest BCUT2D eigenvalue weighted by atomic mass is 16.1. The fourth-order valence-corrected chi connectivity index (χ4v) is 1.59. The zero-order valence-corrected chi connectivity index (χ0v) is 8.77. The monoisotopic (exact) mass is 227 g/mol. The van der Waals surface area contributed by atoms with E-state index in [1.807, 2.05) is 18.2 Å². The highest BCUT2D eigenvalue weighted by Crippen LogP contribution is 2.16. The summed E-state index contributed by atoms with van der Waals surface area (Å²) in [4.78, 5) is 18.3. The number of hydrogen-bond donors (Lipinski definition) is 3. The second-order valence-electron chi connectivity index (χ2n) is 3.59. The Bertz CT molecular complexity index is 655. The van der Waals surface area contributed by atoms with Crippen molar-refractivity contribution in [1.82, 2.24) is 20.2 Å². The number of aromatic amines is 2. The second-order valence-corrected chi connectivity index (χ2v) is 3.59. The van der Waals surface area contributed by atoms with Gasteiger partial charge in [-0.15, -0.1) is 0 Å². The first-order chi connectivity index (χ1) is 8.33. The molecule has 0 saturated heterocycles. The van der Waals surface area contributed by atoms with Gasteiger partial charge < -0.3 is 10.3 Å². The Morgan fingerprint density at radius 3 is 3.06 bits per heavy atom. The highest BCUT2D eigenvalue weighted by Gasteiger charge is 2.07. The molecular formula is C11H9N5O. The second kappa shape index (κ2) is 3.75. The van der Waals surface area contributed by atoms with E-state index in [4.69, 9.17) is 0 Å². The van der Waals surface area contributed by atoms with E-state index in [9.17, 15) is 4.79 Å². The number of fused-ring (bicyclic) bond motifs is 1. The lowest BCUT2D eigenvalue weighted by Gasteiger charge is -2.02. The first kappa shape index (κ1) is 9.59. The van der Waals surface area contributed by atoms with Crippen LogP contribution in [0.3, 0.4) is 0 Å². The number of nitrogens with one attached hydrogen (secondary N) is 3. The molecule has 0 spiro atoms. The maximum atomic E-state index is 11.7. The molecule has 6 heteroatoms. The van der Waals surface area contributed by atoms with Gasteiger partial charge in [0.2, 0.25) is 0 Å². The summed E-state index contributed by atoms with van der Waals surface area (Å²) in [5, 5.41) is 10.5. The van der Waals surface area contributed by atoms with E-state index in [-0.39, 0.29) is 5.91 Å². The molecule has 17 heavy (non-hydrogen) atoms. The van der Waals surface area contributed by atoms with E-state index in [2.05, 4.69) is 25.5 Å². The molecule has 3 rings (SSSR count). The molecule has 0 saturated carbocycles. The van der Waals surface area contributed by atoms with Gasteiger partial charge >= 0.3 is 0 Å². The molecule has 0 aliphatic heterocycles. The number of carbonyl (C=O) groups is 1. The molecule has 3 aromatic rings. The third-order valence-corrected chi connectivity index (χ3v) is 2.44. The predicted octanol–water partition coefficient (Wildman–Crippen LogP) is 1.54. The molecule has 1 amide bonds. The van der Waals surface area contributed by atoms with Crippen molar-refractivity contribution in [3.8, 4) is 0 Å². The van der Waals surface area contributed by atoms with Crippen LogP contribution in [-0.4, -0.2) is 26.1 Å². The molecule has 0 fully saturated rings. The van der Waals surface area contributed by atoms with Crippen molar-refractivity contribution in [3.63, 3.8) is 0 Å². The van der Waals surface area contributed by atoms with E-state index in [0.29, 0.717) is 11.4 Å². The Morgan fingerprint density at radius 1 is 1.29 bits per heavy atom. The highest BCUT2D eigenvalue weighted by molar-refractivity contribution is 6.03. The third kappa shape index (κ3) is 1.76. The first-order valence-corrected chi connectivity index (χ1v) is 5.06. The Kier molecular flexibility index (Phi) is 2.11. The van der Waals surface area contributed by atoms with Crippen LogP contribution in [0.25, 0.3) is 10.9 Å². The predicted molar refractivity (Wildman–Crippen MR) is 62.6 cm³/mol. The van der Waals surface area contributed by atoms with Crippen LogP contribution < -0.4 is 5.32 Å². The Balaban J connectivity index is 1.87. The van der Waals surface area contributed by atoms with Crippen LogP contribution in [0, 0.1) is 0 Å². The van der Waals surface area contributed by atoms with Crippen molar-refractivity contribution in [1.29, 1.82) is 0 Å². The van der Waals surface area contributed by atoms with Crippen molar-refractivity contribution >= 4 is 22.5 Å². The van der Waals surface area contributed by atoms with Gasteiger partial charge in [0.05, 0.1) is 24.2 Å². The lowest BCUT2D eigenvalue weighted by molar-refractivity contribution is 0.102. The van der Waals surface area contributed by atoms with Gasteiger partial charge in [-0.05, 0) is 18.2 Å². The Hall–Kier alpha value is -2.63. The summed E-state index contributed by atoms with van der Waals surface area (Å²) < 4.78 is 0. The van der Waals surface area contributed by atoms with E-state index in [1.165, 1.54) is 12.5 Å². The average molecular weight is 227 g/mol. The topological polar surface area (TPSA) is 86.5 Å². The van der Waals surface area contributed by atoms with Crippen molar-refractivity contribution in [2.45, 2.75) is 0 Å². The largest absolute Gasteiger partial charge is 0.341 e. The summed E-state index contributed by atoms with van der Waals surface area (Å²) in [5.41, 5.74) is 2.02. The van der Waals surface area contributed by atoms with Crippen molar-refractivity contribution in [2.24, 2.45) is 0 Å². The summed E-state index contributed by atoms with van der Waals surface area (Å²) in [5.74, 6) is -0.221. The van der Waals surface area contributed by atoms with Crippen LogP contribution in [-0.2, 0) is 0 Å². The SMILES string of the molecule is O=C(Nc1ccc2cn[nH]c2c1)c1cnc[nH]1. The van der Waals surface area contributed by atoms with E-state index in [1.54, 1.807) is 6.20 Å². The first-order valence-electron chi connectivity index (χ1n) is 5.06. The fraction of sp³-hybridized carbons (Fsp3) is 0.